The summed E-state index contributed by atoms with van der Waals surface area (Å²) >= 11 is 11.8. The summed E-state index contributed by atoms with van der Waals surface area (Å²) in [4.78, 5) is 25.3. The molecule has 0 saturated carbocycles. The van der Waals surface area contributed by atoms with E-state index in [1.165, 1.54) is 37.5 Å². The number of nitrogens with one attached hydrogen (secondary N) is 2. The quantitative estimate of drug-likeness (QED) is 0.639. The maximum Gasteiger partial charge on any atom is 0.320 e. The number of nitro groups is 1. The number of aromatic nitrogens is 1. The first-order chi connectivity index (χ1) is 10.9. The molecule has 1 aromatic heterocycles. The summed E-state index contributed by atoms with van der Waals surface area (Å²) < 4.78 is 5.53. The Hall–Kier alpha value is -2.58. The molecule has 0 aliphatic rings. The van der Waals surface area contributed by atoms with Gasteiger partial charge in [0.2, 0.25) is 0 Å². The summed E-state index contributed by atoms with van der Waals surface area (Å²) in [6, 6.07) is 5.07. The first-order valence-electron chi connectivity index (χ1n) is 6.17. The molecule has 23 heavy (non-hydrogen) atoms. The van der Waals surface area contributed by atoms with Crippen LogP contribution < -0.4 is 15.4 Å². The zero-order chi connectivity index (χ0) is 17.0. The van der Waals surface area contributed by atoms with Gasteiger partial charge in [-0.15, -0.1) is 0 Å². The molecule has 2 rings (SSSR count). The number of hydrogen-bond donors (Lipinski definition) is 2. The highest BCUT2D eigenvalue weighted by Gasteiger charge is 2.19. The van der Waals surface area contributed by atoms with Crippen molar-refractivity contribution in [2.45, 2.75) is 0 Å². The number of pyridine rings is 1. The van der Waals surface area contributed by atoms with Gasteiger partial charge < -0.3 is 10.1 Å². The number of rotatable bonds is 4. The summed E-state index contributed by atoms with van der Waals surface area (Å²) in [6.45, 7) is 0. The molecule has 120 valence electrons. The molecule has 8 nitrogen and oxygen atoms in total. The second-order valence-electron chi connectivity index (χ2n) is 4.15. The van der Waals surface area contributed by atoms with Crippen LogP contribution in [0.2, 0.25) is 10.0 Å². The van der Waals surface area contributed by atoms with Crippen molar-refractivity contribution >= 4 is 40.7 Å². The van der Waals surface area contributed by atoms with Crippen molar-refractivity contribution in [1.29, 1.82) is 0 Å². The molecule has 1 aromatic carbocycles. The Labute approximate surface area is 140 Å². The molecule has 2 N–H and O–H groups in total. The number of nitro benzene ring substituents is 1. The lowest BCUT2D eigenvalue weighted by Gasteiger charge is -2.10. The first-order valence-corrected chi connectivity index (χ1v) is 6.93. The Balaban J connectivity index is 2.26. The molecule has 10 heteroatoms. The summed E-state index contributed by atoms with van der Waals surface area (Å²) in [6.07, 6.45) is 1.42. The van der Waals surface area contributed by atoms with Crippen LogP contribution in [0, 0.1) is 10.1 Å². The maximum absolute atomic E-state index is 11.2. The minimum atomic E-state index is -0.643. The van der Waals surface area contributed by atoms with E-state index in [1.807, 2.05) is 0 Å². The van der Waals surface area contributed by atoms with Crippen LogP contribution in [0.4, 0.5) is 16.3 Å². The van der Waals surface area contributed by atoms with E-state index in [0.717, 1.165) is 0 Å². The lowest BCUT2D eigenvalue weighted by molar-refractivity contribution is -0.384. The average molecular weight is 357 g/mol. The van der Waals surface area contributed by atoms with Crippen LogP contribution >= 0.6 is 23.2 Å². The molecule has 0 aliphatic carbocycles. The van der Waals surface area contributed by atoms with E-state index in [4.69, 9.17) is 27.9 Å². The summed E-state index contributed by atoms with van der Waals surface area (Å²) in [5.41, 5.74) is -0.319. The zero-order valence-electron chi connectivity index (χ0n) is 11.7. The number of anilines is 1. The third-order valence-corrected chi connectivity index (χ3v) is 3.51. The number of halogens is 2. The smallest absolute Gasteiger partial charge is 0.320 e. The molecular formula is C13H10Cl2N4O4. The zero-order valence-corrected chi connectivity index (χ0v) is 13.2. The van der Waals surface area contributed by atoms with E-state index in [2.05, 4.69) is 15.6 Å². The summed E-state index contributed by atoms with van der Waals surface area (Å²) in [5.74, 6) is 0.712. The molecule has 0 fully saturated rings. The van der Waals surface area contributed by atoms with E-state index >= 15 is 0 Å². The topological polar surface area (TPSA) is 106 Å². The summed E-state index contributed by atoms with van der Waals surface area (Å²) in [5, 5.41) is 15.3. The van der Waals surface area contributed by atoms with Gasteiger partial charge in [0.15, 0.2) is 0 Å². The van der Waals surface area contributed by atoms with Crippen molar-refractivity contribution in [1.82, 2.24) is 10.3 Å². The Morgan fingerprint density at radius 1 is 1.30 bits per heavy atom. The number of nitrogens with zero attached hydrogens (tertiary/aromatic N) is 2. The summed E-state index contributed by atoms with van der Waals surface area (Å²) in [7, 11) is 1.47. The fourth-order valence-electron chi connectivity index (χ4n) is 1.59. The van der Waals surface area contributed by atoms with Gasteiger partial charge in [0, 0.05) is 25.4 Å². The Bertz CT molecular complexity index is 770. The van der Waals surface area contributed by atoms with Gasteiger partial charge in [0.25, 0.3) is 5.69 Å². The highest BCUT2D eigenvalue weighted by molar-refractivity contribution is 6.44. The second kappa shape index (κ2) is 7.12. The number of urea groups is 1. The fraction of sp³-hybridized carbons (Fsp3) is 0.0769. The third-order valence-electron chi connectivity index (χ3n) is 2.65. The molecule has 0 atom stereocenters. The van der Waals surface area contributed by atoms with Gasteiger partial charge >= 0.3 is 6.03 Å². The molecule has 0 spiro atoms. The number of carbonyl (C=O) groups is 1. The number of ether oxygens (including phenoxy) is 1. The molecule has 0 saturated heterocycles. The van der Waals surface area contributed by atoms with Crippen molar-refractivity contribution in [3.05, 3.63) is 50.6 Å². The molecule has 2 aromatic rings. The van der Waals surface area contributed by atoms with E-state index in [1.54, 1.807) is 0 Å². The molecule has 0 aliphatic heterocycles. The molecular weight excluding hydrogens is 347 g/mol. The molecule has 2 amide bonds. The van der Waals surface area contributed by atoms with Crippen molar-refractivity contribution in [2.75, 3.05) is 12.4 Å². The van der Waals surface area contributed by atoms with Crippen molar-refractivity contribution in [2.24, 2.45) is 0 Å². The van der Waals surface area contributed by atoms with Crippen LogP contribution in [-0.2, 0) is 0 Å². The lowest BCUT2D eigenvalue weighted by atomic mass is 10.3. The van der Waals surface area contributed by atoms with Gasteiger partial charge in [-0.1, -0.05) is 23.2 Å². The van der Waals surface area contributed by atoms with Crippen LogP contribution in [-0.4, -0.2) is 23.0 Å². The van der Waals surface area contributed by atoms with Crippen LogP contribution in [0.1, 0.15) is 0 Å². The highest BCUT2D eigenvalue weighted by atomic mass is 35.5. The minimum Gasteiger partial charge on any atom is -0.456 e. The van der Waals surface area contributed by atoms with Crippen LogP contribution in [0.25, 0.3) is 0 Å². The van der Waals surface area contributed by atoms with Crippen LogP contribution in [0.3, 0.4) is 0 Å². The number of benzene rings is 1. The van der Waals surface area contributed by atoms with E-state index in [9.17, 15) is 14.9 Å². The maximum atomic E-state index is 11.2. The normalized spacial score (nSPS) is 10.0. The molecule has 0 unspecified atom stereocenters. The predicted molar refractivity (Wildman–Crippen MR) is 85.5 cm³/mol. The van der Waals surface area contributed by atoms with Gasteiger partial charge in [-0.3, -0.25) is 15.4 Å². The first kappa shape index (κ1) is 16.8. The highest BCUT2D eigenvalue weighted by Crippen LogP contribution is 2.40. The fourth-order valence-corrected chi connectivity index (χ4v) is 2.01. The van der Waals surface area contributed by atoms with Gasteiger partial charge in [0.05, 0.1) is 4.92 Å². The number of amides is 2. The molecule has 1 heterocycles. The van der Waals surface area contributed by atoms with Gasteiger partial charge in [0.1, 0.15) is 27.4 Å². The Kier molecular flexibility index (Phi) is 5.20. The SMILES string of the molecule is CNC(=O)Nc1cc(Oc2ccc([N+](=O)[O-])c(Cl)c2Cl)ccn1. The average Bonchev–Trinajstić information content (AvgIpc) is 2.52. The number of carbonyl (C=O) groups excluding carboxylic acids is 1. The Morgan fingerprint density at radius 2 is 2.04 bits per heavy atom. The number of hydrogen-bond acceptors (Lipinski definition) is 5. The van der Waals surface area contributed by atoms with Crippen molar-refractivity contribution in [3.63, 3.8) is 0 Å². The third kappa shape index (κ3) is 3.99. The largest absolute Gasteiger partial charge is 0.456 e. The standard InChI is InChI=1S/C13H10Cl2N4O4/c1-16-13(20)18-10-6-7(4-5-17-10)23-9-3-2-8(19(21)22)11(14)12(9)15/h2-6H,1H3,(H2,16,17,18,20). The second-order valence-corrected chi connectivity index (χ2v) is 4.91. The van der Waals surface area contributed by atoms with Gasteiger partial charge in [-0.2, -0.15) is 0 Å². The lowest BCUT2D eigenvalue weighted by Crippen LogP contribution is -2.24. The van der Waals surface area contributed by atoms with Crippen molar-refractivity contribution in [3.8, 4) is 11.5 Å². The van der Waals surface area contributed by atoms with Crippen LogP contribution in [0.15, 0.2) is 30.5 Å². The predicted octanol–water partition coefficient (Wildman–Crippen LogP) is 3.84. The molecule has 0 bridgehead atoms. The van der Waals surface area contributed by atoms with E-state index in [0.29, 0.717) is 5.75 Å². The van der Waals surface area contributed by atoms with Gasteiger partial charge in [-0.25, -0.2) is 9.78 Å². The van der Waals surface area contributed by atoms with E-state index < -0.39 is 11.0 Å². The van der Waals surface area contributed by atoms with E-state index in [-0.39, 0.29) is 27.3 Å². The molecule has 0 radical (unpaired) electrons. The van der Waals surface area contributed by atoms with Gasteiger partial charge in [-0.05, 0) is 12.1 Å². The minimum absolute atomic E-state index is 0.0847. The monoisotopic (exact) mass is 356 g/mol. The van der Waals surface area contributed by atoms with Crippen molar-refractivity contribution < 1.29 is 14.5 Å². The van der Waals surface area contributed by atoms with Crippen LogP contribution in [0.5, 0.6) is 11.5 Å². The Morgan fingerprint density at radius 3 is 2.70 bits per heavy atom.